The monoisotopic (exact) mass is 597 g/mol. The second-order valence-corrected chi connectivity index (χ2v) is 9.00. The van der Waals surface area contributed by atoms with Crippen molar-refractivity contribution in [3.8, 4) is 0 Å². The molecule has 39 heavy (non-hydrogen) atoms. The van der Waals surface area contributed by atoms with Gasteiger partial charge < -0.3 is 14.8 Å². The second kappa shape index (κ2) is 10.9. The topological polar surface area (TPSA) is 64.6 Å². The normalized spacial score (nSPS) is 15.0. The van der Waals surface area contributed by atoms with Crippen LogP contribution in [0.1, 0.15) is 32.8 Å². The van der Waals surface area contributed by atoms with E-state index in [2.05, 4.69) is 9.47 Å². The highest BCUT2D eigenvalue weighted by Crippen LogP contribution is 2.60. The molecule has 5 nitrogen and oxygen atoms in total. The summed E-state index contributed by atoms with van der Waals surface area (Å²) in [5.41, 5.74) is -1.33. The zero-order chi connectivity index (χ0) is 30.9. The standard InChI is InChI=1S/C21H20F13NO4/c1-15(2,3)39-13(36)12(35-14(37)38-10-11-7-5-4-6-8-11)9-16(22,23)17(24,25)18(26,27)19(28,29)20(30,31)21(32,33)34/h4-8,12H,9-10H2,1-3H3,(H,35,37). The number of hydrogen-bond acceptors (Lipinski definition) is 4. The first kappa shape index (κ1) is 34.1. The molecule has 1 unspecified atom stereocenters. The number of alkyl carbamates (subject to hydrolysis) is 1. The van der Waals surface area contributed by atoms with Gasteiger partial charge in [-0.1, -0.05) is 30.3 Å². The molecule has 0 radical (unpaired) electrons. The van der Waals surface area contributed by atoms with Crippen LogP contribution in [-0.4, -0.2) is 59.5 Å². The molecule has 0 saturated carbocycles. The lowest BCUT2D eigenvalue weighted by Gasteiger charge is -2.40. The Morgan fingerprint density at radius 3 is 1.64 bits per heavy atom. The molecule has 0 spiro atoms. The molecule has 0 aliphatic rings. The number of ether oxygens (including phenoxy) is 2. The van der Waals surface area contributed by atoms with Gasteiger partial charge in [0.2, 0.25) is 0 Å². The summed E-state index contributed by atoms with van der Waals surface area (Å²) >= 11 is 0. The van der Waals surface area contributed by atoms with E-state index in [4.69, 9.17) is 0 Å². The number of carbonyl (C=O) groups is 2. The number of rotatable bonds is 10. The Balaban J connectivity index is 3.35. The highest BCUT2D eigenvalue weighted by atomic mass is 19.4. The third-order valence-corrected chi connectivity index (χ3v) is 4.66. The Bertz CT molecular complexity index is 1010. The minimum atomic E-state index is -8.10. The lowest BCUT2D eigenvalue weighted by molar-refractivity contribution is -0.440. The van der Waals surface area contributed by atoms with Crippen LogP contribution >= 0.6 is 0 Å². The Morgan fingerprint density at radius 2 is 1.21 bits per heavy atom. The number of nitrogens with one attached hydrogen (secondary N) is 1. The molecule has 0 heterocycles. The zero-order valence-electron chi connectivity index (χ0n) is 19.9. The van der Waals surface area contributed by atoms with Crippen LogP contribution in [0.2, 0.25) is 0 Å². The van der Waals surface area contributed by atoms with Crippen LogP contribution < -0.4 is 5.32 Å². The summed E-state index contributed by atoms with van der Waals surface area (Å²) in [4.78, 5) is 24.2. The zero-order valence-corrected chi connectivity index (χ0v) is 19.9. The van der Waals surface area contributed by atoms with Gasteiger partial charge in [0.25, 0.3) is 0 Å². The van der Waals surface area contributed by atoms with Crippen LogP contribution in [-0.2, 0) is 20.9 Å². The number of benzene rings is 1. The number of hydrogen-bond donors (Lipinski definition) is 1. The smallest absolute Gasteiger partial charge is 0.458 e. The average molecular weight is 597 g/mol. The molecule has 1 N–H and O–H groups in total. The van der Waals surface area contributed by atoms with Crippen LogP contribution in [0, 0.1) is 0 Å². The summed E-state index contributed by atoms with van der Waals surface area (Å²) in [7, 11) is 0. The summed E-state index contributed by atoms with van der Waals surface area (Å²) < 4.78 is 183. The van der Waals surface area contributed by atoms with Crippen molar-refractivity contribution in [3.63, 3.8) is 0 Å². The van der Waals surface area contributed by atoms with E-state index in [0.717, 1.165) is 20.8 Å². The summed E-state index contributed by atoms with van der Waals surface area (Å²) in [6.07, 6.45) is -12.4. The first-order valence-electron chi connectivity index (χ1n) is 10.4. The first-order chi connectivity index (χ1) is 17.2. The number of halogens is 13. The maximum atomic E-state index is 14.4. The van der Waals surface area contributed by atoms with Crippen molar-refractivity contribution < 1.29 is 76.1 Å². The minimum absolute atomic E-state index is 0.269. The molecular formula is C21H20F13NO4. The van der Waals surface area contributed by atoms with Crippen LogP contribution in [0.5, 0.6) is 0 Å². The fourth-order valence-corrected chi connectivity index (χ4v) is 2.66. The maximum Gasteiger partial charge on any atom is 0.460 e. The van der Waals surface area contributed by atoms with Crippen molar-refractivity contribution in [2.75, 3.05) is 0 Å². The van der Waals surface area contributed by atoms with Crippen molar-refractivity contribution in [3.05, 3.63) is 35.9 Å². The van der Waals surface area contributed by atoms with E-state index in [1.54, 1.807) is 0 Å². The Hall–Kier alpha value is -2.95. The van der Waals surface area contributed by atoms with E-state index in [0.29, 0.717) is 0 Å². The maximum absolute atomic E-state index is 14.4. The van der Waals surface area contributed by atoms with Crippen LogP contribution in [0.4, 0.5) is 61.9 Å². The molecule has 1 rings (SSSR count). The van der Waals surface area contributed by atoms with Gasteiger partial charge in [0.05, 0.1) is 0 Å². The van der Waals surface area contributed by atoms with E-state index in [-0.39, 0.29) is 5.56 Å². The molecule has 0 aliphatic heterocycles. The first-order valence-corrected chi connectivity index (χ1v) is 10.4. The third-order valence-electron chi connectivity index (χ3n) is 4.66. The van der Waals surface area contributed by atoms with E-state index in [9.17, 15) is 66.7 Å². The van der Waals surface area contributed by atoms with Gasteiger partial charge in [-0.3, -0.25) is 0 Å². The van der Waals surface area contributed by atoms with Crippen molar-refractivity contribution >= 4 is 12.1 Å². The highest BCUT2D eigenvalue weighted by Gasteiger charge is 2.90. The lowest BCUT2D eigenvalue weighted by atomic mass is 9.91. The lowest BCUT2D eigenvalue weighted by Crippen LogP contribution is -2.70. The molecule has 0 fully saturated rings. The molecule has 0 aliphatic carbocycles. The molecule has 1 amide bonds. The van der Waals surface area contributed by atoms with Crippen molar-refractivity contribution in [2.24, 2.45) is 0 Å². The van der Waals surface area contributed by atoms with Gasteiger partial charge in [0.1, 0.15) is 18.2 Å². The molecule has 1 atom stereocenters. The summed E-state index contributed by atoms with van der Waals surface area (Å²) in [5.74, 6) is -40.3. The van der Waals surface area contributed by atoms with Gasteiger partial charge in [-0.15, -0.1) is 0 Å². The predicted octanol–water partition coefficient (Wildman–Crippen LogP) is 6.75. The fourth-order valence-electron chi connectivity index (χ4n) is 2.66. The highest BCUT2D eigenvalue weighted by molar-refractivity contribution is 5.81. The molecular weight excluding hydrogens is 577 g/mol. The van der Waals surface area contributed by atoms with Crippen molar-refractivity contribution in [1.29, 1.82) is 0 Å². The largest absolute Gasteiger partial charge is 0.460 e. The number of alkyl halides is 13. The summed E-state index contributed by atoms with van der Waals surface area (Å²) in [6.45, 7) is 2.67. The van der Waals surface area contributed by atoms with Crippen molar-refractivity contribution in [2.45, 2.75) is 81.2 Å². The van der Waals surface area contributed by atoms with Gasteiger partial charge >= 0.3 is 47.9 Å². The number of esters is 1. The van der Waals surface area contributed by atoms with E-state index in [1.807, 2.05) is 0 Å². The fraction of sp³-hybridized carbons (Fsp3) is 0.619. The van der Waals surface area contributed by atoms with Gasteiger partial charge in [0.15, 0.2) is 0 Å². The average Bonchev–Trinajstić information content (AvgIpc) is 2.75. The van der Waals surface area contributed by atoms with Gasteiger partial charge in [0, 0.05) is 6.42 Å². The van der Waals surface area contributed by atoms with Crippen LogP contribution in [0.15, 0.2) is 30.3 Å². The predicted molar refractivity (Wildman–Crippen MR) is 105 cm³/mol. The van der Waals surface area contributed by atoms with Gasteiger partial charge in [-0.05, 0) is 26.3 Å². The summed E-state index contributed by atoms with van der Waals surface area (Å²) in [6, 6.07) is 4.15. The molecule has 1 aromatic rings. The van der Waals surface area contributed by atoms with E-state index >= 15 is 0 Å². The quantitative estimate of drug-likeness (QED) is 0.240. The van der Waals surface area contributed by atoms with Crippen LogP contribution in [0.25, 0.3) is 0 Å². The van der Waals surface area contributed by atoms with Crippen LogP contribution in [0.3, 0.4) is 0 Å². The molecule has 0 aromatic heterocycles. The Labute approximate surface area is 211 Å². The van der Waals surface area contributed by atoms with Gasteiger partial charge in [-0.25, -0.2) is 9.59 Å². The molecule has 0 bridgehead atoms. The minimum Gasteiger partial charge on any atom is -0.458 e. The Morgan fingerprint density at radius 1 is 0.744 bits per heavy atom. The number of carbonyl (C=O) groups excluding carboxylic acids is 2. The van der Waals surface area contributed by atoms with E-state index in [1.165, 1.54) is 35.6 Å². The van der Waals surface area contributed by atoms with E-state index < -0.39 is 72.5 Å². The third kappa shape index (κ3) is 7.17. The molecule has 0 saturated heterocycles. The van der Waals surface area contributed by atoms with Gasteiger partial charge in [-0.2, -0.15) is 57.1 Å². The summed E-state index contributed by atoms with van der Waals surface area (Å²) in [5, 5.41) is 1.27. The number of amides is 1. The SMILES string of the molecule is CC(C)(C)OC(=O)C(CC(F)(F)C(F)(F)C(F)(F)C(F)(F)C(F)(F)C(F)(F)F)NC(=O)OCc1ccccc1. The molecule has 18 heteroatoms. The molecule has 1 aromatic carbocycles. The van der Waals surface area contributed by atoms with Crippen molar-refractivity contribution in [1.82, 2.24) is 5.32 Å². The second-order valence-electron chi connectivity index (χ2n) is 9.00. The molecule has 224 valence electrons. The Kier molecular flexibility index (Phi) is 9.53.